The van der Waals surface area contributed by atoms with Gasteiger partial charge in [-0.1, -0.05) is 0 Å². The minimum atomic E-state index is 0.644. The number of aromatic nitrogens is 4. The van der Waals surface area contributed by atoms with Crippen molar-refractivity contribution in [3.8, 4) is 0 Å². The first-order chi connectivity index (χ1) is 10.3. The summed E-state index contributed by atoms with van der Waals surface area (Å²) in [5.74, 6) is 1.50. The van der Waals surface area contributed by atoms with Crippen LogP contribution in [0.2, 0.25) is 0 Å². The topological polar surface area (TPSA) is 69.7 Å². The molecule has 1 atom stereocenters. The number of aryl methyl sites for hydroxylation is 1. The molecule has 0 radical (unpaired) electrons. The van der Waals surface area contributed by atoms with Crippen molar-refractivity contribution < 1.29 is 0 Å². The van der Waals surface area contributed by atoms with Gasteiger partial charge in [0.05, 0.1) is 11.9 Å². The summed E-state index contributed by atoms with van der Waals surface area (Å²) >= 11 is 0. The van der Waals surface area contributed by atoms with Gasteiger partial charge in [0.1, 0.15) is 0 Å². The molecule has 6 heteroatoms. The van der Waals surface area contributed by atoms with Crippen LogP contribution in [0.5, 0.6) is 0 Å². The first-order valence-electron chi connectivity index (χ1n) is 7.54. The summed E-state index contributed by atoms with van der Waals surface area (Å²) in [5, 5.41) is 10.6. The van der Waals surface area contributed by atoms with Gasteiger partial charge in [0.15, 0.2) is 0 Å². The Morgan fingerprint density at radius 1 is 1.38 bits per heavy atom. The number of H-pyrrole nitrogens is 1. The number of rotatable bonds is 5. The molecular formula is C15H22N6. The standard InChI is InChI=1S/C15H22N6/c1-12-8-19-20-14(12)10-16-9-13-4-2-7-21(11-13)15-17-5-3-6-18-15/h3,5-6,8,13,16H,2,4,7,9-11H2,1H3,(H,19,20). The van der Waals surface area contributed by atoms with Crippen molar-refractivity contribution in [2.24, 2.45) is 5.92 Å². The van der Waals surface area contributed by atoms with Gasteiger partial charge in [-0.3, -0.25) is 5.10 Å². The van der Waals surface area contributed by atoms with Crippen LogP contribution >= 0.6 is 0 Å². The van der Waals surface area contributed by atoms with Crippen LogP contribution in [0.1, 0.15) is 24.1 Å². The zero-order valence-electron chi connectivity index (χ0n) is 12.4. The Labute approximate surface area is 125 Å². The van der Waals surface area contributed by atoms with Crippen LogP contribution in [-0.2, 0) is 6.54 Å². The van der Waals surface area contributed by atoms with Gasteiger partial charge in [-0.05, 0) is 37.3 Å². The number of nitrogens with zero attached hydrogens (tertiary/aromatic N) is 4. The van der Waals surface area contributed by atoms with E-state index in [9.17, 15) is 0 Å². The largest absolute Gasteiger partial charge is 0.341 e. The summed E-state index contributed by atoms with van der Waals surface area (Å²) in [4.78, 5) is 11.0. The van der Waals surface area contributed by atoms with Gasteiger partial charge in [0.2, 0.25) is 5.95 Å². The van der Waals surface area contributed by atoms with E-state index in [0.717, 1.165) is 32.1 Å². The van der Waals surface area contributed by atoms with E-state index in [1.54, 1.807) is 0 Å². The lowest BCUT2D eigenvalue weighted by Crippen LogP contribution is -2.40. The van der Waals surface area contributed by atoms with E-state index in [1.165, 1.54) is 24.1 Å². The van der Waals surface area contributed by atoms with Crippen molar-refractivity contribution in [1.29, 1.82) is 0 Å². The molecule has 0 saturated carbocycles. The molecule has 3 heterocycles. The maximum absolute atomic E-state index is 4.35. The predicted octanol–water partition coefficient (Wildman–Crippen LogP) is 1.51. The van der Waals surface area contributed by atoms with E-state index < -0.39 is 0 Å². The quantitative estimate of drug-likeness (QED) is 0.872. The molecule has 1 aliphatic rings. The molecule has 3 rings (SSSR count). The fourth-order valence-corrected chi connectivity index (χ4v) is 2.82. The lowest BCUT2D eigenvalue weighted by atomic mass is 9.98. The Kier molecular flexibility index (Phi) is 4.45. The molecule has 2 N–H and O–H groups in total. The Bertz CT molecular complexity index is 552. The summed E-state index contributed by atoms with van der Waals surface area (Å²) < 4.78 is 0. The lowest BCUT2D eigenvalue weighted by Gasteiger charge is -2.32. The monoisotopic (exact) mass is 286 g/mol. The molecule has 1 unspecified atom stereocenters. The van der Waals surface area contributed by atoms with Crippen molar-refractivity contribution >= 4 is 5.95 Å². The minimum absolute atomic E-state index is 0.644. The van der Waals surface area contributed by atoms with E-state index >= 15 is 0 Å². The molecule has 2 aromatic heterocycles. The van der Waals surface area contributed by atoms with Crippen LogP contribution in [-0.4, -0.2) is 39.8 Å². The minimum Gasteiger partial charge on any atom is -0.341 e. The van der Waals surface area contributed by atoms with Gasteiger partial charge in [-0.15, -0.1) is 0 Å². The second-order valence-electron chi connectivity index (χ2n) is 5.67. The second-order valence-corrected chi connectivity index (χ2v) is 5.67. The molecule has 21 heavy (non-hydrogen) atoms. The van der Waals surface area contributed by atoms with E-state index in [4.69, 9.17) is 0 Å². The van der Waals surface area contributed by atoms with Gasteiger partial charge in [0, 0.05) is 38.6 Å². The summed E-state index contributed by atoms with van der Waals surface area (Å²) in [6, 6.07) is 1.86. The molecule has 2 aromatic rings. The first-order valence-corrected chi connectivity index (χ1v) is 7.54. The maximum atomic E-state index is 4.35. The highest BCUT2D eigenvalue weighted by Crippen LogP contribution is 2.19. The molecule has 1 fully saturated rings. The predicted molar refractivity (Wildman–Crippen MR) is 82.0 cm³/mol. The van der Waals surface area contributed by atoms with Crippen LogP contribution in [0.15, 0.2) is 24.7 Å². The van der Waals surface area contributed by atoms with Crippen LogP contribution in [0.4, 0.5) is 5.95 Å². The van der Waals surface area contributed by atoms with Crippen LogP contribution in [0.25, 0.3) is 0 Å². The van der Waals surface area contributed by atoms with Crippen molar-refractivity contribution in [2.45, 2.75) is 26.3 Å². The Hall–Kier alpha value is -1.95. The molecule has 112 valence electrons. The van der Waals surface area contributed by atoms with Gasteiger partial charge in [-0.2, -0.15) is 5.10 Å². The lowest BCUT2D eigenvalue weighted by molar-refractivity contribution is 0.387. The summed E-state index contributed by atoms with van der Waals surface area (Å²) in [6.07, 6.45) is 7.95. The number of aromatic amines is 1. The molecule has 0 aliphatic carbocycles. The fraction of sp³-hybridized carbons (Fsp3) is 0.533. The van der Waals surface area contributed by atoms with E-state index in [1.807, 2.05) is 24.7 Å². The smallest absolute Gasteiger partial charge is 0.225 e. The molecule has 0 amide bonds. The zero-order chi connectivity index (χ0) is 14.5. The van der Waals surface area contributed by atoms with Gasteiger partial charge in [0.25, 0.3) is 0 Å². The Morgan fingerprint density at radius 3 is 3.00 bits per heavy atom. The number of hydrogen-bond donors (Lipinski definition) is 2. The van der Waals surface area contributed by atoms with Crippen LogP contribution in [0, 0.1) is 12.8 Å². The molecule has 0 spiro atoms. The SMILES string of the molecule is Cc1cn[nH]c1CNCC1CCCN(c2ncccn2)C1. The number of nitrogens with one attached hydrogen (secondary N) is 2. The van der Waals surface area contributed by atoms with Crippen molar-refractivity contribution in [1.82, 2.24) is 25.5 Å². The molecule has 0 aromatic carbocycles. The first kappa shape index (κ1) is 14.0. The third-order valence-corrected chi connectivity index (χ3v) is 4.02. The highest BCUT2D eigenvalue weighted by atomic mass is 15.3. The third-order valence-electron chi connectivity index (χ3n) is 4.02. The molecular weight excluding hydrogens is 264 g/mol. The van der Waals surface area contributed by atoms with Crippen LogP contribution < -0.4 is 10.2 Å². The average Bonchev–Trinajstić information content (AvgIpc) is 2.94. The number of hydrogen-bond acceptors (Lipinski definition) is 5. The fourth-order valence-electron chi connectivity index (χ4n) is 2.82. The number of anilines is 1. The van der Waals surface area contributed by atoms with Crippen molar-refractivity contribution in [3.63, 3.8) is 0 Å². The van der Waals surface area contributed by atoms with Gasteiger partial charge < -0.3 is 10.2 Å². The average molecular weight is 286 g/mol. The summed E-state index contributed by atoms with van der Waals surface area (Å²) in [5.41, 5.74) is 2.39. The van der Waals surface area contributed by atoms with Gasteiger partial charge in [-0.25, -0.2) is 9.97 Å². The van der Waals surface area contributed by atoms with Crippen molar-refractivity contribution in [3.05, 3.63) is 35.9 Å². The number of piperidine rings is 1. The highest BCUT2D eigenvalue weighted by molar-refractivity contribution is 5.29. The zero-order valence-corrected chi connectivity index (χ0v) is 12.4. The maximum Gasteiger partial charge on any atom is 0.225 e. The summed E-state index contributed by atoms with van der Waals surface area (Å²) in [6.45, 7) is 6.03. The second kappa shape index (κ2) is 6.67. The van der Waals surface area contributed by atoms with Gasteiger partial charge >= 0.3 is 0 Å². The normalized spacial score (nSPS) is 18.9. The Morgan fingerprint density at radius 2 is 2.24 bits per heavy atom. The van der Waals surface area contributed by atoms with E-state index in [0.29, 0.717) is 5.92 Å². The third kappa shape index (κ3) is 3.58. The van der Waals surface area contributed by atoms with E-state index in [2.05, 4.69) is 37.3 Å². The highest BCUT2D eigenvalue weighted by Gasteiger charge is 2.21. The molecule has 1 saturated heterocycles. The van der Waals surface area contributed by atoms with Crippen LogP contribution in [0.3, 0.4) is 0 Å². The molecule has 6 nitrogen and oxygen atoms in total. The van der Waals surface area contributed by atoms with E-state index in [-0.39, 0.29) is 0 Å². The summed E-state index contributed by atoms with van der Waals surface area (Å²) in [7, 11) is 0. The Balaban J connectivity index is 1.49. The molecule has 0 bridgehead atoms. The van der Waals surface area contributed by atoms with Crippen molar-refractivity contribution in [2.75, 3.05) is 24.5 Å². The molecule has 1 aliphatic heterocycles.